The number of nitriles is 1. The van der Waals surface area contributed by atoms with Crippen LogP contribution in [0.3, 0.4) is 0 Å². The molecular weight excluding hydrogens is 203 g/mol. The first-order chi connectivity index (χ1) is 6.00. The minimum Gasteiger partial charge on any atom is -0.205 e. The van der Waals surface area contributed by atoms with Crippen molar-refractivity contribution in [2.24, 2.45) is 0 Å². The van der Waals surface area contributed by atoms with E-state index in [9.17, 15) is 13.2 Å². The molecule has 0 aliphatic carbocycles. The van der Waals surface area contributed by atoms with Crippen molar-refractivity contribution in [2.45, 2.75) is 6.92 Å². The fraction of sp³-hybridized carbons (Fsp3) is 0.125. The molecule has 1 rings (SSSR count). The fourth-order valence-electron chi connectivity index (χ4n) is 0.840. The molecule has 0 saturated heterocycles. The van der Waals surface area contributed by atoms with E-state index in [1.165, 1.54) is 6.07 Å². The molecule has 1 nitrogen and oxygen atoms in total. The molecule has 0 heterocycles. The average Bonchev–Trinajstić information content (AvgIpc) is 2.13. The molecule has 1 aromatic rings. The predicted octanol–water partition coefficient (Wildman–Crippen LogP) is 2.94. The van der Waals surface area contributed by atoms with Crippen molar-refractivity contribution in [3.8, 4) is 6.07 Å². The predicted molar refractivity (Wildman–Crippen MR) is 40.8 cm³/mol. The maximum atomic E-state index is 12.9. The number of hydrogen-bond donors (Lipinski definition) is 0. The van der Waals surface area contributed by atoms with Crippen molar-refractivity contribution in [1.82, 2.24) is 0 Å². The maximum Gasteiger partial charge on any atom is 0.178 e. The van der Waals surface area contributed by atoms with Crippen LogP contribution < -0.4 is 0 Å². The zero-order valence-electron chi connectivity index (χ0n) is 6.46. The zero-order valence-corrected chi connectivity index (χ0v) is 7.22. The van der Waals surface area contributed by atoms with Crippen molar-refractivity contribution in [2.75, 3.05) is 0 Å². The van der Waals surface area contributed by atoms with Crippen LogP contribution in [0.4, 0.5) is 13.2 Å². The molecule has 0 saturated carbocycles. The lowest BCUT2D eigenvalue weighted by Gasteiger charge is -2.04. The van der Waals surface area contributed by atoms with E-state index < -0.39 is 33.6 Å². The lowest BCUT2D eigenvalue weighted by molar-refractivity contribution is 0.484. The lowest BCUT2D eigenvalue weighted by atomic mass is 10.1. The van der Waals surface area contributed by atoms with E-state index in [4.69, 9.17) is 16.9 Å². The maximum absolute atomic E-state index is 12.9. The first-order valence-electron chi connectivity index (χ1n) is 3.23. The first-order valence-corrected chi connectivity index (χ1v) is 3.61. The molecule has 5 heteroatoms. The molecule has 1 aromatic carbocycles. The summed E-state index contributed by atoms with van der Waals surface area (Å²) in [5, 5.41) is 7.65. The van der Waals surface area contributed by atoms with Crippen molar-refractivity contribution >= 4 is 11.6 Å². The molecule has 0 atom stereocenters. The van der Waals surface area contributed by atoms with Gasteiger partial charge in [0.1, 0.15) is 17.4 Å². The van der Waals surface area contributed by atoms with Gasteiger partial charge in [-0.25, -0.2) is 13.2 Å². The third-order valence-electron chi connectivity index (χ3n) is 1.59. The molecule has 0 aliphatic rings. The molecule has 13 heavy (non-hydrogen) atoms. The van der Waals surface area contributed by atoms with Gasteiger partial charge in [-0.2, -0.15) is 5.26 Å². The summed E-state index contributed by atoms with van der Waals surface area (Å²) in [6.07, 6.45) is 0. The smallest absolute Gasteiger partial charge is 0.178 e. The van der Waals surface area contributed by atoms with Crippen LogP contribution in [0.2, 0.25) is 5.02 Å². The van der Waals surface area contributed by atoms with Gasteiger partial charge in [0, 0.05) is 5.56 Å². The highest BCUT2D eigenvalue weighted by molar-refractivity contribution is 6.32. The minimum absolute atomic E-state index is 0.526. The van der Waals surface area contributed by atoms with E-state index in [2.05, 4.69) is 0 Å². The van der Waals surface area contributed by atoms with E-state index in [0.717, 1.165) is 6.92 Å². The fourth-order valence-corrected chi connectivity index (χ4v) is 1.11. The van der Waals surface area contributed by atoms with Crippen LogP contribution in [0.5, 0.6) is 0 Å². The van der Waals surface area contributed by atoms with E-state index >= 15 is 0 Å². The Hall–Kier alpha value is -1.21. The topological polar surface area (TPSA) is 23.8 Å². The van der Waals surface area contributed by atoms with Gasteiger partial charge in [0.25, 0.3) is 0 Å². The number of halogens is 4. The van der Waals surface area contributed by atoms with E-state index in [0.29, 0.717) is 0 Å². The Bertz CT molecular complexity index is 380. The molecule has 0 unspecified atom stereocenters. The number of rotatable bonds is 0. The summed E-state index contributed by atoms with van der Waals surface area (Å²) in [6, 6.07) is 1.29. The molecular formula is C8H3ClF3N. The summed E-state index contributed by atoms with van der Waals surface area (Å²) >= 11 is 5.27. The monoisotopic (exact) mass is 205 g/mol. The van der Waals surface area contributed by atoms with Crippen molar-refractivity contribution in [3.05, 3.63) is 33.6 Å². The Kier molecular flexibility index (Phi) is 2.48. The summed E-state index contributed by atoms with van der Waals surface area (Å²) in [4.78, 5) is 0. The zero-order chi connectivity index (χ0) is 10.2. The molecule has 0 spiro atoms. The highest BCUT2D eigenvalue weighted by Gasteiger charge is 2.20. The van der Waals surface area contributed by atoms with Crippen LogP contribution in [0.1, 0.15) is 11.1 Å². The second-order valence-electron chi connectivity index (χ2n) is 2.37. The molecule has 0 aromatic heterocycles. The molecule has 0 radical (unpaired) electrons. The normalized spacial score (nSPS) is 9.85. The Labute approximate surface area is 77.4 Å². The first kappa shape index (κ1) is 9.87. The van der Waals surface area contributed by atoms with Gasteiger partial charge in [0.15, 0.2) is 11.6 Å². The Morgan fingerprint density at radius 1 is 1.15 bits per heavy atom. The van der Waals surface area contributed by atoms with Gasteiger partial charge in [-0.3, -0.25) is 0 Å². The highest BCUT2D eigenvalue weighted by Crippen LogP contribution is 2.27. The second-order valence-corrected chi connectivity index (χ2v) is 2.75. The van der Waals surface area contributed by atoms with Crippen molar-refractivity contribution in [1.29, 1.82) is 5.26 Å². The van der Waals surface area contributed by atoms with Crippen LogP contribution in [-0.2, 0) is 0 Å². The second kappa shape index (κ2) is 3.27. The third-order valence-corrected chi connectivity index (χ3v) is 1.95. The molecule has 0 bridgehead atoms. The molecule has 0 aliphatic heterocycles. The van der Waals surface area contributed by atoms with E-state index in [1.54, 1.807) is 0 Å². The minimum atomic E-state index is -1.41. The summed E-state index contributed by atoms with van der Waals surface area (Å²) in [5.74, 6) is -3.89. The van der Waals surface area contributed by atoms with Gasteiger partial charge in [0.05, 0.1) is 5.02 Å². The van der Waals surface area contributed by atoms with Gasteiger partial charge in [-0.15, -0.1) is 0 Å². The molecule has 0 fully saturated rings. The quantitative estimate of drug-likeness (QED) is 0.598. The van der Waals surface area contributed by atoms with Gasteiger partial charge in [0.2, 0.25) is 0 Å². The van der Waals surface area contributed by atoms with E-state index in [1.807, 2.05) is 0 Å². The summed E-state index contributed by atoms with van der Waals surface area (Å²) in [5.41, 5.74) is -1.33. The van der Waals surface area contributed by atoms with Crippen LogP contribution in [-0.4, -0.2) is 0 Å². The van der Waals surface area contributed by atoms with Crippen molar-refractivity contribution in [3.63, 3.8) is 0 Å². The number of benzene rings is 1. The van der Waals surface area contributed by atoms with Crippen LogP contribution in [0.25, 0.3) is 0 Å². The molecule has 0 amide bonds. The van der Waals surface area contributed by atoms with E-state index in [-0.39, 0.29) is 0 Å². The molecule has 0 N–H and O–H groups in total. The Morgan fingerprint density at radius 3 is 2.15 bits per heavy atom. The Balaban J connectivity index is 3.69. The highest BCUT2D eigenvalue weighted by atomic mass is 35.5. The Morgan fingerprint density at radius 2 is 1.69 bits per heavy atom. The summed E-state index contributed by atoms with van der Waals surface area (Å²) in [6.45, 7) is 1.04. The number of hydrogen-bond acceptors (Lipinski definition) is 1. The summed E-state index contributed by atoms with van der Waals surface area (Å²) < 4.78 is 38.6. The molecule has 68 valence electrons. The van der Waals surface area contributed by atoms with Gasteiger partial charge in [-0.1, -0.05) is 11.6 Å². The average molecular weight is 206 g/mol. The van der Waals surface area contributed by atoms with Gasteiger partial charge < -0.3 is 0 Å². The van der Waals surface area contributed by atoms with Crippen LogP contribution >= 0.6 is 11.6 Å². The SMILES string of the molecule is Cc1c(F)c(F)c(C#N)c(Cl)c1F. The van der Waals surface area contributed by atoms with Crippen molar-refractivity contribution < 1.29 is 13.2 Å². The summed E-state index contributed by atoms with van der Waals surface area (Å²) in [7, 11) is 0. The van der Waals surface area contributed by atoms with Crippen LogP contribution in [0.15, 0.2) is 0 Å². The third kappa shape index (κ3) is 1.36. The van der Waals surface area contributed by atoms with Gasteiger partial charge >= 0.3 is 0 Å². The standard InChI is InChI=1S/C8H3ClF3N/c1-3-6(10)5(9)4(2-13)8(12)7(3)11/h1H3. The lowest BCUT2D eigenvalue weighted by Crippen LogP contribution is -1.99. The largest absolute Gasteiger partial charge is 0.205 e. The number of nitrogens with zero attached hydrogens (tertiary/aromatic N) is 1. The van der Waals surface area contributed by atoms with Crippen LogP contribution in [0, 0.1) is 35.7 Å². The van der Waals surface area contributed by atoms with Gasteiger partial charge in [-0.05, 0) is 6.92 Å².